The number of hydrogen-bond acceptors (Lipinski definition) is 8. The summed E-state index contributed by atoms with van der Waals surface area (Å²) in [6.45, 7) is 3.54. The summed E-state index contributed by atoms with van der Waals surface area (Å²) in [7, 11) is 2.69. The van der Waals surface area contributed by atoms with Gasteiger partial charge in [-0.2, -0.15) is 0 Å². The molecule has 0 aliphatic rings. The minimum absolute atomic E-state index is 0.0400. The molecular formula is C27H30N2O8. The monoisotopic (exact) mass is 510 g/mol. The van der Waals surface area contributed by atoms with E-state index in [1.54, 1.807) is 32.0 Å². The van der Waals surface area contributed by atoms with E-state index in [-0.39, 0.29) is 24.5 Å². The van der Waals surface area contributed by atoms with Crippen molar-refractivity contribution < 1.29 is 33.0 Å². The van der Waals surface area contributed by atoms with Crippen molar-refractivity contribution in [3.8, 4) is 5.75 Å². The molecular weight excluding hydrogens is 480 g/mol. The average molecular weight is 511 g/mol. The Morgan fingerprint density at radius 3 is 2.35 bits per heavy atom. The molecule has 2 atom stereocenters. The number of alkyl carbamates (subject to hydrolysis) is 1. The number of hydrogen-bond donors (Lipinski definition) is 2. The van der Waals surface area contributed by atoms with E-state index in [9.17, 15) is 19.2 Å². The number of methoxy groups -OCH3 is 2. The molecule has 37 heavy (non-hydrogen) atoms. The van der Waals surface area contributed by atoms with Gasteiger partial charge in [0.1, 0.15) is 30.0 Å². The molecule has 2 N–H and O–H groups in total. The van der Waals surface area contributed by atoms with Crippen LogP contribution in [0, 0.1) is 5.92 Å². The second kappa shape index (κ2) is 12.6. The topological polar surface area (TPSA) is 133 Å². The largest absolute Gasteiger partial charge is 0.497 e. The smallest absolute Gasteiger partial charge is 0.408 e. The zero-order chi connectivity index (χ0) is 26.9. The van der Waals surface area contributed by atoms with Crippen molar-refractivity contribution in [1.82, 2.24) is 10.6 Å². The Hall–Kier alpha value is -4.34. The molecule has 0 saturated carbocycles. The maximum absolute atomic E-state index is 13.1. The number of fused-ring (bicyclic) bond motifs is 1. The van der Waals surface area contributed by atoms with Crippen LogP contribution in [-0.2, 0) is 32.1 Å². The lowest BCUT2D eigenvalue weighted by atomic mass is 10.00. The lowest BCUT2D eigenvalue weighted by molar-refractivity contribution is -0.145. The zero-order valence-electron chi connectivity index (χ0n) is 21.1. The molecule has 0 unspecified atom stereocenters. The van der Waals surface area contributed by atoms with Gasteiger partial charge in [0.2, 0.25) is 5.91 Å². The van der Waals surface area contributed by atoms with E-state index in [2.05, 4.69) is 10.6 Å². The highest BCUT2D eigenvalue weighted by Crippen LogP contribution is 2.23. The van der Waals surface area contributed by atoms with Crippen LogP contribution in [0.5, 0.6) is 5.75 Å². The first-order valence-corrected chi connectivity index (χ1v) is 11.7. The molecule has 0 fully saturated rings. The van der Waals surface area contributed by atoms with Crippen LogP contribution >= 0.6 is 0 Å². The summed E-state index contributed by atoms with van der Waals surface area (Å²) in [6.07, 6.45) is -0.816. The molecule has 196 valence electrons. The van der Waals surface area contributed by atoms with Crippen LogP contribution in [0.15, 0.2) is 63.8 Å². The van der Waals surface area contributed by atoms with Gasteiger partial charge in [-0.15, -0.1) is 0 Å². The lowest BCUT2D eigenvalue weighted by Crippen LogP contribution is -2.54. The van der Waals surface area contributed by atoms with Crippen LogP contribution in [0.25, 0.3) is 11.0 Å². The molecule has 0 aliphatic heterocycles. The van der Waals surface area contributed by atoms with Gasteiger partial charge in [-0.05, 0) is 29.2 Å². The molecule has 0 bridgehead atoms. The fourth-order valence-corrected chi connectivity index (χ4v) is 3.75. The van der Waals surface area contributed by atoms with E-state index in [4.69, 9.17) is 18.6 Å². The van der Waals surface area contributed by atoms with E-state index >= 15 is 0 Å². The number of rotatable bonds is 10. The van der Waals surface area contributed by atoms with Gasteiger partial charge < -0.3 is 29.3 Å². The minimum Gasteiger partial charge on any atom is -0.497 e. The first-order valence-electron chi connectivity index (χ1n) is 11.7. The van der Waals surface area contributed by atoms with Gasteiger partial charge in [0.05, 0.1) is 14.2 Å². The number of amides is 2. The van der Waals surface area contributed by atoms with Crippen LogP contribution in [-0.4, -0.2) is 44.3 Å². The number of nitrogens with one attached hydrogen (secondary N) is 2. The fourth-order valence-electron chi connectivity index (χ4n) is 3.75. The molecule has 10 nitrogen and oxygen atoms in total. The molecule has 2 aromatic carbocycles. The van der Waals surface area contributed by atoms with Crippen LogP contribution in [0.4, 0.5) is 4.79 Å². The van der Waals surface area contributed by atoms with Crippen molar-refractivity contribution in [3.63, 3.8) is 0 Å². The predicted octanol–water partition coefficient (Wildman–Crippen LogP) is 2.95. The Balaban J connectivity index is 1.76. The molecule has 1 aromatic heterocycles. The summed E-state index contributed by atoms with van der Waals surface area (Å²) in [4.78, 5) is 50.3. The van der Waals surface area contributed by atoms with Gasteiger partial charge in [0.25, 0.3) is 0 Å². The maximum Gasteiger partial charge on any atom is 0.408 e. The van der Waals surface area contributed by atoms with E-state index < -0.39 is 35.7 Å². The van der Waals surface area contributed by atoms with Crippen LogP contribution < -0.4 is 21.0 Å². The van der Waals surface area contributed by atoms with E-state index in [0.717, 1.165) is 5.56 Å². The van der Waals surface area contributed by atoms with Gasteiger partial charge in [-0.1, -0.05) is 44.2 Å². The highest BCUT2D eigenvalue weighted by Gasteiger charge is 2.30. The molecule has 3 aromatic rings. The Bertz CT molecular complexity index is 1300. The maximum atomic E-state index is 13.1. The fraction of sp³-hybridized carbons (Fsp3) is 0.333. The molecule has 0 spiro atoms. The standard InChI is InChI=1S/C27H30N2O8/c1-16(2)24(29-27(33)36-15-17-8-6-5-7-9-17)25(31)28-21(26(32)35-4)12-18-13-23(30)37-22-14-19(34-3)10-11-20(18)22/h5-11,13-14,16,21,24H,12,15H2,1-4H3,(H,28,31)(H,29,33)/t21-,24-/m1/s1. The quantitative estimate of drug-likeness (QED) is 0.314. The number of esters is 1. The van der Waals surface area contributed by atoms with Crippen molar-refractivity contribution >= 4 is 28.9 Å². The second-order valence-corrected chi connectivity index (χ2v) is 8.67. The third kappa shape index (κ3) is 7.33. The summed E-state index contributed by atoms with van der Waals surface area (Å²) in [5.74, 6) is -1.14. The van der Waals surface area contributed by atoms with Gasteiger partial charge in [0, 0.05) is 23.9 Å². The predicted molar refractivity (Wildman–Crippen MR) is 135 cm³/mol. The van der Waals surface area contributed by atoms with Crippen LogP contribution in [0.2, 0.25) is 0 Å². The van der Waals surface area contributed by atoms with Crippen molar-refractivity contribution in [1.29, 1.82) is 0 Å². The molecule has 10 heteroatoms. The molecule has 1 heterocycles. The second-order valence-electron chi connectivity index (χ2n) is 8.67. The van der Waals surface area contributed by atoms with E-state index in [1.807, 2.05) is 30.3 Å². The molecule has 0 radical (unpaired) electrons. The first kappa shape index (κ1) is 27.3. The Morgan fingerprint density at radius 2 is 1.70 bits per heavy atom. The Morgan fingerprint density at radius 1 is 0.973 bits per heavy atom. The summed E-state index contributed by atoms with van der Waals surface area (Å²) >= 11 is 0. The van der Waals surface area contributed by atoms with Crippen LogP contribution in [0.1, 0.15) is 25.0 Å². The highest BCUT2D eigenvalue weighted by molar-refractivity contribution is 5.90. The molecule has 2 amide bonds. The van der Waals surface area contributed by atoms with Gasteiger partial charge in [0.15, 0.2) is 0 Å². The van der Waals surface area contributed by atoms with Crippen molar-refractivity contribution in [3.05, 3.63) is 76.1 Å². The summed E-state index contributed by atoms with van der Waals surface area (Å²) in [5, 5.41) is 5.78. The Labute approximate surface area is 213 Å². The first-order chi connectivity index (χ1) is 17.7. The number of carbonyl (C=O) groups excluding carboxylic acids is 3. The van der Waals surface area contributed by atoms with Crippen LogP contribution in [0.3, 0.4) is 0 Å². The van der Waals surface area contributed by atoms with Gasteiger partial charge in [-0.3, -0.25) is 4.79 Å². The lowest BCUT2D eigenvalue weighted by Gasteiger charge is -2.24. The van der Waals surface area contributed by atoms with Gasteiger partial charge in [-0.25, -0.2) is 14.4 Å². The summed E-state index contributed by atoms with van der Waals surface area (Å²) in [6, 6.07) is 13.2. The van der Waals surface area contributed by atoms with Crippen molar-refractivity contribution in [2.75, 3.05) is 14.2 Å². The number of carbonyl (C=O) groups is 3. The summed E-state index contributed by atoms with van der Waals surface area (Å²) in [5.41, 5.74) is 0.931. The number of benzene rings is 2. The number of ether oxygens (including phenoxy) is 3. The molecule has 0 aliphatic carbocycles. The average Bonchev–Trinajstić information content (AvgIpc) is 2.89. The Kier molecular flexibility index (Phi) is 9.26. The third-order valence-corrected chi connectivity index (χ3v) is 5.70. The van der Waals surface area contributed by atoms with E-state index in [1.165, 1.54) is 20.3 Å². The zero-order valence-corrected chi connectivity index (χ0v) is 21.1. The minimum atomic E-state index is -1.13. The highest BCUT2D eigenvalue weighted by atomic mass is 16.5. The molecule has 0 saturated heterocycles. The van der Waals surface area contributed by atoms with E-state index in [0.29, 0.717) is 16.7 Å². The SMILES string of the molecule is COC(=O)[C@@H](Cc1cc(=O)oc2cc(OC)ccc12)NC(=O)[C@H](NC(=O)OCc1ccccc1)C(C)C. The normalized spacial score (nSPS) is 12.5. The third-order valence-electron chi connectivity index (χ3n) is 5.70. The molecule has 3 rings (SSSR count). The van der Waals surface area contributed by atoms with Crippen molar-refractivity contribution in [2.24, 2.45) is 5.92 Å². The van der Waals surface area contributed by atoms with Gasteiger partial charge >= 0.3 is 17.7 Å². The summed E-state index contributed by atoms with van der Waals surface area (Å²) < 4.78 is 20.6. The van der Waals surface area contributed by atoms with Crippen molar-refractivity contribution in [2.45, 2.75) is 39.0 Å².